The van der Waals surface area contributed by atoms with Crippen LogP contribution >= 0.6 is 11.6 Å². The van der Waals surface area contributed by atoms with Crippen molar-refractivity contribution in [1.29, 1.82) is 0 Å². The molecule has 1 N–H and O–H groups in total. The fraction of sp³-hybridized carbons (Fsp3) is 0.435. The van der Waals surface area contributed by atoms with Crippen LogP contribution in [0.2, 0.25) is 5.02 Å². The Labute approximate surface area is 181 Å². The van der Waals surface area contributed by atoms with E-state index in [-0.39, 0.29) is 24.2 Å². The average Bonchev–Trinajstić information content (AvgIpc) is 3.49. The van der Waals surface area contributed by atoms with Crippen LogP contribution in [0.5, 0.6) is 0 Å². The summed E-state index contributed by atoms with van der Waals surface area (Å²) in [5.41, 5.74) is 2.68. The lowest BCUT2D eigenvalue weighted by Crippen LogP contribution is -2.46. The Morgan fingerprint density at radius 3 is 2.50 bits per heavy atom. The van der Waals surface area contributed by atoms with Gasteiger partial charge in [-0.3, -0.25) is 14.5 Å². The van der Waals surface area contributed by atoms with Gasteiger partial charge in [0, 0.05) is 28.5 Å². The van der Waals surface area contributed by atoms with E-state index >= 15 is 0 Å². The van der Waals surface area contributed by atoms with Crippen LogP contribution in [0.25, 0.3) is 0 Å². The molecule has 1 aromatic heterocycles. The lowest BCUT2D eigenvalue weighted by atomic mass is 9.96. The number of benzene rings is 1. The second kappa shape index (κ2) is 7.58. The Balaban J connectivity index is 1.47. The molecule has 30 heavy (non-hydrogen) atoms. The second-order valence-corrected chi connectivity index (χ2v) is 8.97. The lowest BCUT2D eigenvalue weighted by molar-refractivity contribution is -0.131. The molecule has 2 aliphatic rings. The normalized spacial score (nSPS) is 21.3. The molecular formula is C23H26ClN3O3. The van der Waals surface area contributed by atoms with E-state index in [4.69, 9.17) is 11.6 Å². The number of hydrogen-bond acceptors (Lipinski definition) is 3. The highest BCUT2D eigenvalue weighted by molar-refractivity contribution is 6.30. The number of aryl methyl sites for hydroxylation is 2. The van der Waals surface area contributed by atoms with Gasteiger partial charge in [0.05, 0.1) is 6.54 Å². The van der Waals surface area contributed by atoms with Crippen molar-refractivity contribution in [2.45, 2.75) is 52.1 Å². The summed E-state index contributed by atoms with van der Waals surface area (Å²) in [4.78, 5) is 39.2. The third-order valence-electron chi connectivity index (χ3n) is 6.41. The molecule has 2 aromatic rings. The third-order valence-corrected chi connectivity index (χ3v) is 6.66. The van der Waals surface area contributed by atoms with Crippen molar-refractivity contribution in [2.24, 2.45) is 5.92 Å². The van der Waals surface area contributed by atoms with Gasteiger partial charge in [-0.05, 0) is 69.7 Å². The number of nitrogens with one attached hydrogen (secondary N) is 1. The number of amides is 3. The van der Waals surface area contributed by atoms with Crippen molar-refractivity contribution >= 4 is 29.3 Å². The van der Waals surface area contributed by atoms with Crippen LogP contribution in [0.4, 0.5) is 4.79 Å². The number of ketones is 1. The van der Waals surface area contributed by atoms with E-state index in [0.29, 0.717) is 10.6 Å². The number of Topliss-reactive ketones (excluding diaryl/α,β-unsaturated/α-hetero) is 1. The van der Waals surface area contributed by atoms with E-state index in [1.807, 2.05) is 44.2 Å². The van der Waals surface area contributed by atoms with E-state index in [1.54, 1.807) is 6.92 Å². The molecule has 1 saturated carbocycles. The number of carbonyl (C=O) groups excluding carboxylic acids is 3. The number of imide groups is 1. The van der Waals surface area contributed by atoms with E-state index in [9.17, 15) is 14.4 Å². The van der Waals surface area contributed by atoms with Gasteiger partial charge in [-0.15, -0.1) is 0 Å². The zero-order chi connectivity index (χ0) is 21.6. The van der Waals surface area contributed by atoms with Gasteiger partial charge in [0.2, 0.25) is 0 Å². The highest BCUT2D eigenvalue weighted by Crippen LogP contribution is 2.42. The van der Waals surface area contributed by atoms with Crippen molar-refractivity contribution in [3.8, 4) is 0 Å². The first kappa shape index (κ1) is 20.7. The van der Waals surface area contributed by atoms with E-state index in [2.05, 4.69) is 9.88 Å². The molecule has 7 heteroatoms. The summed E-state index contributed by atoms with van der Waals surface area (Å²) in [6.07, 6.45) is 2.67. The van der Waals surface area contributed by atoms with E-state index in [0.717, 1.165) is 42.1 Å². The lowest BCUT2D eigenvalue weighted by Gasteiger charge is -2.20. The van der Waals surface area contributed by atoms with E-state index < -0.39 is 11.6 Å². The van der Waals surface area contributed by atoms with Crippen LogP contribution in [0.15, 0.2) is 30.3 Å². The Bertz CT molecular complexity index is 1020. The minimum atomic E-state index is -0.868. The molecule has 0 radical (unpaired) electrons. The van der Waals surface area contributed by atoms with Crippen molar-refractivity contribution in [1.82, 2.24) is 14.8 Å². The molecule has 158 valence electrons. The van der Waals surface area contributed by atoms with Gasteiger partial charge in [-0.25, -0.2) is 4.79 Å². The molecule has 1 atom stereocenters. The smallest absolute Gasteiger partial charge is 0.325 e. The summed E-state index contributed by atoms with van der Waals surface area (Å²) in [7, 11) is 0. The van der Waals surface area contributed by atoms with Crippen molar-refractivity contribution in [3.05, 3.63) is 57.9 Å². The largest absolute Gasteiger partial charge is 0.348 e. The fourth-order valence-electron chi connectivity index (χ4n) is 4.34. The number of halogens is 1. The maximum Gasteiger partial charge on any atom is 0.325 e. The van der Waals surface area contributed by atoms with Gasteiger partial charge in [0.25, 0.3) is 5.91 Å². The fourth-order valence-corrected chi connectivity index (χ4v) is 4.47. The molecule has 1 saturated heterocycles. The van der Waals surface area contributed by atoms with Crippen LogP contribution in [0.3, 0.4) is 0 Å². The summed E-state index contributed by atoms with van der Waals surface area (Å²) < 4.78 is 2.10. The molecule has 0 spiro atoms. The van der Waals surface area contributed by atoms with Crippen LogP contribution in [0, 0.1) is 19.8 Å². The Morgan fingerprint density at radius 2 is 1.87 bits per heavy atom. The summed E-state index contributed by atoms with van der Waals surface area (Å²) >= 11 is 5.95. The van der Waals surface area contributed by atoms with Gasteiger partial charge in [0.15, 0.2) is 5.78 Å². The van der Waals surface area contributed by atoms with Gasteiger partial charge >= 0.3 is 6.03 Å². The Kier molecular flexibility index (Phi) is 5.22. The quantitative estimate of drug-likeness (QED) is 0.538. The van der Waals surface area contributed by atoms with Crippen LogP contribution in [0.1, 0.15) is 47.1 Å². The standard InChI is InChI=1S/C23H26ClN3O3/c1-14-12-19(15(2)26(14)11-10-16-4-8-18(24)9-5-16)20(28)13-27-21(29)23(3,17-6-7-17)25-22(27)30/h4-5,8-9,12,17H,6-7,10-11,13H2,1-3H3,(H,25,30). The SMILES string of the molecule is Cc1cc(C(=O)CN2C(=O)NC(C)(C3CC3)C2=O)c(C)n1CCc1ccc(Cl)cc1. The molecule has 1 unspecified atom stereocenters. The number of rotatable bonds is 7. The Morgan fingerprint density at radius 1 is 1.20 bits per heavy atom. The highest BCUT2D eigenvalue weighted by Gasteiger charge is 2.56. The molecule has 2 heterocycles. The molecule has 2 fully saturated rings. The van der Waals surface area contributed by atoms with Gasteiger partial charge < -0.3 is 9.88 Å². The van der Waals surface area contributed by atoms with Gasteiger partial charge in [-0.2, -0.15) is 0 Å². The Hall–Kier alpha value is -2.60. The first-order valence-corrected chi connectivity index (χ1v) is 10.7. The first-order valence-electron chi connectivity index (χ1n) is 10.3. The molecule has 1 aliphatic carbocycles. The predicted molar refractivity (Wildman–Crippen MR) is 115 cm³/mol. The van der Waals surface area contributed by atoms with Crippen molar-refractivity contribution in [2.75, 3.05) is 6.54 Å². The number of carbonyl (C=O) groups is 3. The summed E-state index contributed by atoms with van der Waals surface area (Å²) in [5.74, 6) is -0.337. The van der Waals surface area contributed by atoms with Crippen molar-refractivity contribution < 1.29 is 14.4 Å². The summed E-state index contributed by atoms with van der Waals surface area (Å²) in [6, 6.07) is 9.11. The minimum absolute atomic E-state index is 0.173. The third kappa shape index (κ3) is 3.65. The van der Waals surface area contributed by atoms with Crippen LogP contribution in [-0.4, -0.2) is 39.3 Å². The predicted octanol–water partition coefficient (Wildman–Crippen LogP) is 3.90. The second-order valence-electron chi connectivity index (χ2n) is 8.53. The molecule has 1 aliphatic heterocycles. The topological polar surface area (TPSA) is 71.4 Å². The summed E-state index contributed by atoms with van der Waals surface area (Å²) in [6.45, 7) is 6.13. The average molecular weight is 428 g/mol. The molecule has 0 bridgehead atoms. The molecular weight excluding hydrogens is 402 g/mol. The minimum Gasteiger partial charge on any atom is -0.348 e. The van der Waals surface area contributed by atoms with Crippen molar-refractivity contribution in [3.63, 3.8) is 0 Å². The van der Waals surface area contributed by atoms with Gasteiger partial charge in [-0.1, -0.05) is 23.7 Å². The molecule has 1 aromatic carbocycles. The zero-order valence-corrected chi connectivity index (χ0v) is 18.3. The highest BCUT2D eigenvalue weighted by atomic mass is 35.5. The number of aromatic nitrogens is 1. The van der Waals surface area contributed by atoms with Crippen LogP contribution in [-0.2, 0) is 17.8 Å². The molecule has 4 rings (SSSR count). The first-order chi connectivity index (χ1) is 14.2. The van der Waals surface area contributed by atoms with Crippen LogP contribution < -0.4 is 5.32 Å². The zero-order valence-electron chi connectivity index (χ0n) is 17.5. The maximum atomic E-state index is 13.0. The monoisotopic (exact) mass is 427 g/mol. The number of nitrogens with zero attached hydrogens (tertiary/aromatic N) is 2. The molecule has 3 amide bonds. The number of hydrogen-bond donors (Lipinski definition) is 1. The summed E-state index contributed by atoms with van der Waals surface area (Å²) in [5, 5.41) is 3.50. The number of urea groups is 1. The molecule has 6 nitrogen and oxygen atoms in total. The van der Waals surface area contributed by atoms with Gasteiger partial charge in [0.1, 0.15) is 5.54 Å². The maximum absolute atomic E-state index is 13.0. The van der Waals surface area contributed by atoms with E-state index in [1.165, 1.54) is 5.56 Å².